The largest absolute Gasteiger partial charge is 0.322 e. The van der Waals surface area contributed by atoms with Crippen molar-refractivity contribution in [3.8, 4) is 0 Å². The van der Waals surface area contributed by atoms with Crippen LogP contribution in [0.25, 0.3) is 0 Å². The average Bonchev–Trinajstić information content (AvgIpc) is 2.63. The Balaban J connectivity index is 1.71. The van der Waals surface area contributed by atoms with Crippen LogP contribution in [0.1, 0.15) is 20.7 Å². The van der Waals surface area contributed by atoms with Gasteiger partial charge in [-0.3, -0.25) is 9.59 Å². The highest BCUT2D eigenvalue weighted by molar-refractivity contribution is 9.10. The molecule has 0 atom stereocenters. The summed E-state index contributed by atoms with van der Waals surface area (Å²) < 4.78 is 0.837. The van der Waals surface area contributed by atoms with Gasteiger partial charge in [0.15, 0.2) is 0 Å². The van der Waals surface area contributed by atoms with Crippen LogP contribution in [0.4, 0.5) is 11.4 Å². The van der Waals surface area contributed by atoms with Crippen LogP contribution in [0.15, 0.2) is 83.3 Å². The molecule has 0 aliphatic heterocycles. The number of hydrogen-bond acceptors (Lipinski definition) is 2. The number of hydrogen-bond donors (Lipinski definition) is 2. The summed E-state index contributed by atoms with van der Waals surface area (Å²) in [5.74, 6) is -0.413. The van der Waals surface area contributed by atoms with Gasteiger partial charge in [-0.2, -0.15) is 0 Å². The summed E-state index contributed by atoms with van der Waals surface area (Å²) in [6, 6.07) is 23.1. The number of halogens is 1. The van der Waals surface area contributed by atoms with E-state index >= 15 is 0 Å². The van der Waals surface area contributed by atoms with Gasteiger partial charge in [0, 0.05) is 27.0 Å². The number of nitrogens with one attached hydrogen (secondary N) is 2. The second kappa shape index (κ2) is 7.77. The topological polar surface area (TPSA) is 58.2 Å². The molecule has 0 aromatic heterocycles. The highest BCUT2D eigenvalue weighted by atomic mass is 79.9. The minimum Gasteiger partial charge on any atom is -0.322 e. The van der Waals surface area contributed by atoms with Gasteiger partial charge in [-0.1, -0.05) is 46.3 Å². The number of amides is 2. The average molecular weight is 395 g/mol. The molecule has 0 radical (unpaired) electrons. The summed E-state index contributed by atoms with van der Waals surface area (Å²) >= 11 is 3.35. The molecular formula is C20H15BrN2O2. The van der Waals surface area contributed by atoms with E-state index in [1.807, 2.05) is 24.3 Å². The molecule has 0 aliphatic rings. The lowest BCUT2D eigenvalue weighted by molar-refractivity contribution is 0.101. The number of carbonyl (C=O) groups is 2. The van der Waals surface area contributed by atoms with Gasteiger partial charge in [0.1, 0.15) is 0 Å². The Bertz CT molecular complexity index is 910. The second-order valence-electron chi connectivity index (χ2n) is 5.37. The van der Waals surface area contributed by atoms with Crippen LogP contribution in [0.5, 0.6) is 0 Å². The first-order valence-electron chi connectivity index (χ1n) is 7.65. The third-order valence-corrected chi connectivity index (χ3v) is 3.99. The lowest BCUT2D eigenvalue weighted by Crippen LogP contribution is -2.14. The third kappa shape index (κ3) is 4.55. The molecule has 124 valence electrons. The van der Waals surface area contributed by atoms with E-state index in [0.717, 1.165) is 4.47 Å². The van der Waals surface area contributed by atoms with Crippen molar-refractivity contribution in [1.29, 1.82) is 0 Å². The Morgan fingerprint density at radius 1 is 0.640 bits per heavy atom. The first kappa shape index (κ1) is 16.9. The maximum Gasteiger partial charge on any atom is 0.255 e. The van der Waals surface area contributed by atoms with Crippen LogP contribution in [-0.2, 0) is 0 Å². The van der Waals surface area contributed by atoms with E-state index in [4.69, 9.17) is 0 Å². The van der Waals surface area contributed by atoms with Crippen LogP contribution in [0.3, 0.4) is 0 Å². The van der Waals surface area contributed by atoms with E-state index in [1.165, 1.54) is 0 Å². The fourth-order valence-corrected chi connectivity index (χ4v) is 2.70. The predicted octanol–water partition coefficient (Wildman–Crippen LogP) is 4.95. The smallest absolute Gasteiger partial charge is 0.255 e. The highest BCUT2D eigenvalue weighted by Gasteiger charge is 2.08. The Morgan fingerprint density at radius 2 is 1.20 bits per heavy atom. The molecule has 0 fully saturated rings. The molecule has 0 saturated heterocycles. The fraction of sp³-hybridized carbons (Fsp3) is 0. The van der Waals surface area contributed by atoms with Crippen molar-refractivity contribution in [1.82, 2.24) is 0 Å². The molecule has 2 N–H and O–H groups in total. The number of anilines is 2. The van der Waals surface area contributed by atoms with Crippen molar-refractivity contribution in [2.24, 2.45) is 0 Å². The molecule has 0 aliphatic carbocycles. The van der Waals surface area contributed by atoms with Crippen molar-refractivity contribution >= 4 is 39.1 Å². The van der Waals surface area contributed by atoms with Crippen LogP contribution in [0, 0.1) is 0 Å². The SMILES string of the molecule is O=C(Nc1cccc(NC(=O)c2cccc(Br)c2)c1)c1ccccc1. The quantitative estimate of drug-likeness (QED) is 0.657. The monoisotopic (exact) mass is 394 g/mol. The summed E-state index contributed by atoms with van der Waals surface area (Å²) in [4.78, 5) is 24.5. The zero-order chi connectivity index (χ0) is 17.6. The van der Waals surface area contributed by atoms with E-state index in [9.17, 15) is 9.59 Å². The van der Waals surface area contributed by atoms with Gasteiger partial charge in [0.05, 0.1) is 0 Å². The van der Waals surface area contributed by atoms with Crippen molar-refractivity contribution in [3.63, 3.8) is 0 Å². The third-order valence-electron chi connectivity index (χ3n) is 3.50. The lowest BCUT2D eigenvalue weighted by Gasteiger charge is -2.09. The fourth-order valence-electron chi connectivity index (χ4n) is 2.30. The Labute approximate surface area is 154 Å². The van der Waals surface area contributed by atoms with Crippen LogP contribution < -0.4 is 10.6 Å². The van der Waals surface area contributed by atoms with Gasteiger partial charge in [-0.15, -0.1) is 0 Å². The predicted molar refractivity (Wildman–Crippen MR) is 103 cm³/mol. The van der Waals surface area contributed by atoms with Gasteiger partial charge < -0.3 is 10.6 Å². The van der Waals surface area contributed by atoms with Crippen LogP contribution >= 0.6 is 15.9 Å². The molecule has 3 rings (SSSR count). The van der Waals surface area contributed by atoms with Crippen LogP contribution in [0.2, 0.25) is 0 Å². The Morgan fingerprint density at radius 3 is 1.84 bits per heavy atom. The zero-order valence-corrected chi connectivity index (χ0v) is 14.8. The summed E-state index contributed by atoms with van der Waals surface area (Å²) in [5, 5.41) is 5.65. The summed E-state index contributed by atoms with van der Waals surface area (Å²) in [6.45, 7) is 0. The van der Waals surface area contributed by atoms with Crippen molar-refractivity contribution in [2.75, 3.05) is 10.6 Å². The number of carbonyl (C=O) groups excluding carboxylic acids is 2. The van der Waals surface area contributed by atoms with Crippen LogP contribution in [-0.4, -0.2) is 11.8 Å². The molecule has 3 aromatic rings. The van der Waals surface area contributed by atoms with E-state index in [-0.39, 0.29) is 11.8 Å². The molecule has 4 nitrogen and oxygen atoms in total. The van der Waals surface area contributed by atoms with Gasteiger partial charge >= 0.3 is 0 Å². The van der Waals surface area contributed by atoms with E-state index in [2.05, 4.69) is 26.6 Å². The summed E-state index contributed by atoms with van der Waals surface area (Å²) in [7, 11) is 0. The van der Waals surface area contributed by atoms with E-state index in [0.29, 0.717) is 22.5 Å². The first-order chi connectivity index (χ1) is 12.1. The molecule has 25 heavy (non-hydrogen) atoms. The standard InChI is InChI=1S/C20H15BrN2O2/c21-16-9-4-8-15(12-16)20(25)23-18-11-5-10-17(13-18)22-19(24)14-6-2-1-3-7-14/h1-13H,(H,22,24)(H,23,25). The molecular weight excluding hydrogens is 380 g/mol. The van der Waals surface area contributed by atoms with Crippen molar-refractivity contribution < 1.29 is 9.59 Å². The van der Waals surface area contributed by atoms with Gasteiger partial charge in [-0.05, 0) is 48.5 Å². The molecule has 0 unspecified atom stereocenters. The minimum absolute atomic E-state index is 0.198. The normalized spacial score (nSPS) is 10.1. The minimum atomic E-state index is -0.215. The highest BCUT2D eigenvalue weighted by Crippen LogP contribution is 2.18. The molecule has 0 spiro atoms. The van der Waals surface area contributed by atoms with Gasteiger partial charge in [0.2, 0.25) is 0 Å². The number of rotatable bonds is 4. The van der Waals surface area contributed by atoms with Crippen molar-refractivity contribution in [3.05, 3.63) is 94.5 Å². The van der Waals surface area contributed by atoms with Crippen molar-refractivity contribution in [2.45, 2.75) is 0 Å². The zero-order valence-electron chi connectivity index (χ0n) is 13.2. The second-order valence-corrected chi connectivity index (χ2v) is 6.28. The summed E-state index contributed by atoms with van der Waals surface area (Å²) in [5.41, 5.74) is 2.34. The molecule has 3 aromatic carbocycles. The Kier molecular flexibility index (Phi) is 5.26. The molecule has 0 heterocycles. The molecule has 5 heteroatoms. The van der Waals surface area contributed by atoms with E-state index in [1.54, 1.807) is 54.6 Å². The number of benzene rings is 3. The molecule has 0 saturated carbocycles. The van der Waals surface area contributed by atoms with Gasteiger partial charge in [-0.25, -0.2) is 0 Å². The molecule has 0 bridgehead atoms. The first-order valence-corrected chi connectivity index (χ1v) is 8.44. The lowest BCUT2D eigenvalue weighted by atomic mass is 10.2. The maximum atomic E-state index is 12.3. The maximum absolute atomic E-state index is 12.3. The summed E-state index contributed by atoms with van der Waals surface area (Å²) in [6.07, 6.45) is 0. The van der Waals surface area contributed by atoms with Gasteiger partial charge in [0.25, 0.3) is 11.8 Å². The Hall–Kier alpha value is -2.92. The molecule has 2 amide bonds. The van der Waals surface area contributed by atoms with E-state index < -0.39 is 0 Å².